The summed E-state index contributed by atoms with van der Waals surface area (Å²) in [6, 6.07) is 0.270. The predicted molar refractivity (Wildman–Crippen MR) is 58.0 cm³/mol. The zero-order valence-electron chi connectivity index (χ0n) is 9.25. The van der Waals surface area contributed by atoms with Gasteiger partial charge in [-0.05, 0) is 20.0 Å². The topological polar surface area (TPSA) is 57.9 Å². The van der Waals surface area contributed by atoms with Crippen molar-refractivity contribution in [2.75, 3.05) is 19.6 Å². The van der Waals surface area contributed by atoms with E-state index in [4.69, 9.17) is 5.73 Å². The van der Waals surface area contributed by atoms with E-state index in [2.05, 4.69) is 28.7 Å². The molecule has 0 saturated heterocycles. The van der Waals surface area contributed by atoms with E-state index in [1.807, 2.05) is 13.1 Å². The number of nitrogens with zero attached hydrogens (tertiary/aromatic N) is 2. The first-order valence-corrected chi connectivity index (χ1v) is 5.18. The normalized spacial score (nSPS) is 13.5. The van der Waals surface area contributed by atoms with Gasteiger partial charge in [0.1, 0.15) is 5.82 Å². The number of nitrogens with two attached hydrogens (primary N) is 1. The maximum absolute atomic E-state index is 5.78. The van der Waals surface area contributed by atoms with Crippen LogP contribution in [0.2, 0.25) is 0 Å². The molecule has 0 amide bonds. The van der Waals surface area contributed by atoms with E-state index in [9.17, 15) is 0 Å². The molecule has 80 valence electrons. The molecule has 1 atom stereocenters. The number of aryl methyl sites for hydroxylation is 1. The van der Waals surface area contributed by atoms with Crippen LogP contribution in [0.4, 0.5) is 0 Å². The average molecular weight is 196 g/mol. The van der Waals surface area contributed by atoms with E-state index >= 15 is 0 Å². The van der Waals surface area contributed by atoms with E-state index in [1.165, 1.54) is 0 Å². The van der Waals surface area contributed by atoms with Crippen LogP contribution < -0.4 is 5.73 Å². The lowest BCUT2D eigenvalue weighted by Crippen LogP contribution is -2.33. The molecular formula is C10H20N4. The van der Waals surface area contributed by atoms with Crippen LogP contribution in [0.5, 0.6) is 0 Å². The highest BCUT2D eigenvalue weighted by Crippen LogP contribution is 2.16. The number of hydrogen-bond acceptors (Lipinski definition) is 3. The maximum atomic E-state index is 5.78. The van der Waals surface area contributed by atoms with E-state index < -0.39 is 0 Å². The Morgan fingerprint density at radius 1 is 1.50 bits per heavy atom. The van der Waals surface area contributed by atoms with Crippen molar-refractivity contribution in [2.45, 2.75) is 26.8 Å². The molecule has 0 aliphatic rings. The molecule has 4 heteroatoms. The molecule has 0 saturated carbocycles. The number of H-pyrrole nitrogens is 1. The van der Waals surface area contributed by atoms with Gasteiger partial charge < -0.3 is 10.7 Å². The van der Waals surface area contributed by atoms with Gasteiger partial charge in [-0.2, -0.15) is 0 Å². The van der Waals surface area contributed by atoms with Crippen molar-refractivity contribution in [3.8, 4) is 0 Å². The minimum atomic E-state index is 0.270. The third-order valence-electron chi connectivity index (χ3n) is 2.56. The third-order valence-corrected chi connectivity index (χ3v) is 2.56. The van der Waals surface area contributed by atoms with Crippen LogP contribution in [-0.4, -0.2) is 34.5 Å². The fourth-order valence-electron chi connectivity index (χ4n) is 1.75. The largest absolute Gasteiger partial charge is 0.345 e. The molecule has 0 aliphatic carbocycles. The van der Waals surface area contributed by atoms with Crippen molar-refractivity contribution in [2.24, 2.45) is 5.73 Å². The van der Waals surface area contributed by atoms with Gasteiger partial charge in [0.15, 0.2) is 0 Å². The Bertz CT molecular complexity index is 265. The van der Waals surface area contributed by atoms with Crippen molar-refractivity contribution < 1.29 is 0 Å². The minimum absolute atomic E-state index is 0.270. The summed E-state index contributed by atoms with van der Waals surface area (Å²) >= 11 is 0. The van der Waals surface area contributed by atoms with Gasteiger partial charge in [-0.25, -0.2) is 4.98 Å². The van der Waals surface area contributed by atoms with E-state index in [0.29, 0.717) is 6.54 Å². The fraction of sp³-hybridized carbons (Fsp3) is 0.700. The van der Waals surface area contributed by atoms with Crippen molar-refractivity contribution in [3.05, 3.63) is 17.7 Å². The van der Waals surface area contributed by atoms with E-state index in [-0.39, 0.29) is 6.04 Å². The number of hydrogen-bond donors (Lipinski definition) is 2. The molecule has 14 heavy (non-hydrogen) atoms. The number of rotatable bonds is 5. The van der Waals surface area contributed by atoms with Crippen molar-refractivity contribution in [1.82, 2.24) is 14.9 Å². The summed E-state index contributed by atoms with van der Waals surface area (Å²) in [4.78, 5) is 9.77. The number of imidazole rings is 1. The number of aromatic amines is 1. The van der Waals surface area contributed by atoms with Gasteiger partial charge in [-0.15, -0.1) is 0 Å². The Morgan fingerprint density at radius 3 is 2.50 bits per heavy atom. The van der Waals surface area contributed by atoms with Crippen molar-refractivity contribution in [1.29, 1.82) is 0 Å². The van der Waals surface area contributed by atoms with Gasteiger partial charge in [0.05, 0.1) is 11.7 Å². The molecule has 1 heterocycles. The monoisotopic (exact) mass is 196 g/mol. The van der Waals surface area contributed by atoms with Gasteiger partial charge in [0.2, 0.25) is 0 Å². The molecule has 0 aliphatic heterocycles. The van der Waals surface area contributed by atoms with Crippen LogP contribution in [0.25, 0.3) is 0 Å². The fourth-order valence-corrected chi connectivity index (χ4v) is 1.75. The zero-order valence-corrected chi connectivity index (χ0v) is 9.25. The first kappa shape index (κ1) is 11.2. The maximum Gasteiger partial charge on any atom is 0.103 e. The van der Waals surface area contributed by atoms with Crippen LogP contribution in [0.15, 0.2) is 6.20 Å². The summed E-state index contributed by atoms with van der Waals surface area (Å²) in [6.07, 6.45) is 1.88. The quantitative estimate of drug-likeness (QED) is 0.740. The number of nitrogens with one attached hydrogen (secondary N) is 1. The Hall–Kier alpha value is -0.870. The van der Waals surface area contributed by atoms with Crippen LogP contribution in [0, 0.1) is 6.92 Å². The van der Waals surface area contributed by atoms with Crippen LogP contribution >= 0.6 is 0 Å². The second kappa shape index (κ2) is 5.12. The molecule has 1 unspecified atom stereocenters. The molecule has 0 fully saturated rings. The highest BCUT2D eigenvalue weighted by Gasteiger charge is 2.17. The molecule has 0 aromatic carbocycles. The molecule has 1 rings (SSSR count). The molecule has 4 nitrogen and oxygen atoms in total. The lowest BCUT2D eigenvalue weighted by atomic mass is 10.2. The van der Waals surface area contributed by atoms with Crippen molar-refractivity contribution in [3.63, 3.8) is 0 Å². The molecule has 1 aromatic heterocycles. The summed E-state index contributed by atoms with van der Waals surface area (Å²) < 4.78 is 0. The van der Waals surface area contributed by atoms with Gasteiger partial charge in [-0.1, -0.05) is 13.8 Å². The number of likely N-dealkylation sites (N-methyl/N-ethyl adjacent to an activating group) is 1. The van der Waals surface area contributed by atoms with Crippen LogP contribution in [0.1, 0.15) is 31.4 Å². The smallest absolute Gasteiger partial charge is 0.103 e. The summed E-state index contributed by atoms with van der Waals surface area (Å²) in [6.45, 7) is 8.90. The Morgan fingerprint density at radius 2 is 2.14 bits per heavy atom. The predicted octanol–water partition coefficient (Wildman–Crippen LogP) is 1.06. The Kier molecular flexibility index (Phi) is 4.10. The second-order valence-electron chi connectivity index (χ2n) is 3.40. The molecule has 1 aromatic rings. The molecule has 3 N–H and O–H groups in total. The summed E-state index contributed by atoms with van der Waals surface area (Å²) in [5.74, 6) is 0.950. The standard InChI is InChI=1S/C10H20N4/c1-4-14(5-2)10(6-11)9-7-12-8(3)13-9/h7,10H,4-6,11H2,1-3H3,(H,12,13). The van der Waals surface area contributed by atoms with Gasteiger partial charge in [0.25, 0.3) is 0 Å². The zero-order chi connectivity index (χ0) is 10.6. The Labute approximate surface area is 85.5 Å². The van der Waals surface area contributed by atoms with Gasteiger partial charge >= 0.3 is 0 Å². The first-order valence-electron chi connectivity index (χ1n) is 5.18. The molecular weight excluding hydrogens is 176 g/mol. The first-order chi connectivity index (χ1) is 6.72. The summed E-state index contributed by atoms with van der Waals surface area (Å²) in [7, 11) is 0. The van der Waals surface area contributed by atoms with E-state index in [0.717, 1.165) is 24.6 Å². The van der Waals surface area contributed by atoms with Crippen LogP contribution in [0.3, 0.4) is 0 Å². The Balaban J connectivity index is 2.80. The average Bonchev–Trinajstić information content (AvgIpc) is 2.60. The summed E-state index contributed by atoms with van der Waals surface area (Å²) in [5, 5.41) is 0. The van der Waals surface area contributed by atoms with Gasteiger partial charge in [-0.3, -0.25) is 4.90 Å². The highest BCUT2D eigenvalue weighted by atomic mass is 15.2. The lowest BCUT2D eigenvalue weighted by Gasteiger charge is -2.27. The highest BCUT2D eigenvalue weighted by molar-refractivity contribution is 5.06. The second-order valence-corrected chi connectivity index (χ2v) is 3.40. The molecule has 0 spiro atoms. The van der Waals surface area contributed by atoms with Crippen LogP contribution in [-0.2, 0) is 0 Å². The lowest BCUT2D eigenvalue weighted by molar-refractivity contribution is 0.220. The third kappa shape index (κ3) is 2.33. The SMILES string of the molecule is CCN(CC)C(CN)c1cnc(C)[nH]1. The van der Waals surface area contributed by atoms with Gasteiger partial charge in [0, 0.05) is 12.7 Å². The summed E-state index contributed by atoms with van der Waals surface area (Å²) in [5.41, 5.74) is 6.90. The van der Waals surface area contributed by atoms with E-state index in [1.54, 1.807) is 0 Å². The van der Waals surface area contributed by atoms with Crippen molar-refractivity contribution >= 4 is 0 Å². The molecule has 0 radical (unpaired) electrons. The molecule has 0 bridgehead atoms. The number of aromatic nitrogens is 2. The minimum Gasteiger partial charge on any atom is -0.345 e.